The van der Waals surface area contributed by atoms with E-state index in [9.17, 15) is 9.59 Å². The monoisotopic (exact) mass is 472 g/mol. The van der Waals surface area contributed by atoms with Gasteiger partial charge in [0.2, 0.25) is 5.91 Å². The van der Waals surface area contributed by atoms with Gasteiger partial charge in [-0.25, -0.2) is 4.99 Å². The minimum absolute atomic E-state index is 0.0187. The number of pyridine rings is 1. The van der Waals surface area contributed by atoms with Gasteiger partial charge in [0.1, 0.15) is 5.84 Å². The third kappa shape index (κ3) is 5.20. The largest absolute Gasteiger partial charge is 0.395 e. The van der Waals surface area contributed by atoms with Crippen molar-refractivity contribution in [3.8, 4) is 11.1 Å². The van der Waals surface area contributed by atoms with Crippen molar-refractivity contribution in [2.75, 3.05) is 19.7 Å². The third-order valence-corrected chi connectivity index (χ3v) is 6.20. The summed E-state index contributed by atoms with van der Waals surface area (Å²) in [6.07, 6.45) is 5.75. The van der Waals surface area contributed by atoms with E-state index in [1.807, 2.05) is 53.4 Å². The molecule has 0 spiro atoms. The number of hydrogen-bond donors (Lipinski definition) is 2. The first-order valence-corrected chi connectivity index (χ1v) is 12.2. The van der Waals surface area contributed by atoms with Gasteiger partial charge in [0.05, 0.1) is 12.3 Å². The average Bonchev–Trinajstić information content (AvgIpc) is 3.02. The van der Waals surface area contributed by atoms with E-state index in [2.05, 4.69) is 18.8 Å². The van der Waals surface area contributed by atoms with Crippen LogP contribution in [0.5, 0.6) is 0 Å². The average molecular weight is 473 g/mol. The highest BCUT2D eigenvalue weighted by molar-refractivity contribution is 6.05. The molecular weight excluding hydrogens is 440 g/mol. The number of aliphatic hydroxyl groups excluding tert-OH is 1. The number of nitrogens with two attached hydrogens (primary N) is 1. The summed E-state index contributed by atoms with van der Waals surface area (Å²) in [5.41, 5.74) is 10.2. The number of aromatic nitrogens is 1. The van der Waals surface area contributed by atoms with E-state index < -0.39 is 0 Å². The number of carbonyl (C=O) groups is 1. The van der Waals surface area contributed by atoms with Crippen molar-refractivity contribution < 1.29 is 9.90 Å². The molecule has 1 aromatic heterocycles. The first kappa shape index (κ1) is 24.4. The molecule has 4 rings (SSSR count). The van der Waals surface area contributed by atoms with Crippen molar-refractivity contribution in [1.82, 2.24) is 9.47 Å². The van der Waals surface area contributed by atoms with E-state index in [-0.39, 0.29) is 24.6 Å². The maximum Gasteiger partial charge on any atom is 0.258 e. The fourth-order valence-electron chi connectivity index (χ4n) is 4.52. The summed E-state index contributed by atoms with van der Waals surface area (Å²) in [4.78, 5) is 32.3. The molecule has 0 saturated carbocycles. The number of benzene rings is 2. The molecular formula is C28H32N4O3. The zero-order valence-electron chi connectivity index (χ0n) is 20.3. The highest BCUT2D eigenvalue weighted by atomic mass is 16.3. The molecule has 0 aliphatic carbocycles. The highest BCUT2D eigenvalue weighted by Crippen LogP contribution is 2.33. The Morgan fingerprint density at radius 3 is 2.51 bits per heavy atom. The number of amidine groups is 1. The lowest BCUT2D eigenvalue weighted by molar-refractivity contribution is -0.127. The standard InChI is InChI=1S/C28H32N4O3/c1-3-10-31(11-4-2)27(34)23-16-22-6-5-20(17-25(22)30-26(29)18-23)19-7-8-24-21(15-19)9-12-32(13-14-33)28(24)35/h5-9,12,15-17,33H,3-4,10-11,13-14,18H2,1-2H3,(H2,29,30). The van der Waals surface area contributed by atoms with E-state index in [0.29, 0.717) is 23.2 Å². The van der Waals surface area contributed by atoms with Crippen LogP contribution in [0.4, 0.5) is 5.69 Å². The summed E-state index contributed by atoms with van der Waals surface area (Å²) in [6, 6.07) is 13.5. The number of aliphatic imine (C=N–C) groups is 1. The van der Waals surface area contributed by atoms with Gasteiger partial charge in [-0.1, -0.05) is 32.0 Å². The van der Waals surface area contributed by atoms with E-state index in [1.165, 1.54) is 4.57 Å². The van der Waals surface area contributed by atoms with Crippen LogP contribution in [0.25, 0.3) is 28.0 Å². The Balaban J connectivity index is 1.70. The number of amides is 1. The smallest absolute Gasteiger partial charge is 0.258 e. The van der Waals surface area contributed by atoms with Gasteiger partial charge in [-0.3, -0.25) is 9.59 Å². The van der Waals surface area contributed by atoms with Crippen LogP contribution in [0.3, 0.4) is 0 Å². The summed E-state index contributed by atoms with van der Waals surface area (Å²) in [6.45, 7) is 5.77. The summed E-state index contributed by atoms with van der Waals surface area (Å²) < 4.78 is 1.51. The van der Waals surface area contributed by atoms with E-state index in [0.717, 1.165) is 53.7 Å². The topological polar surface area (TPSA) is 101 Å². The zero-order chi connectivity index (χ0) is 24.9. The molecule has 0 bridgehead atoms. The van der Waals surface area contributed by atoms with Crippen LogP contribution < -0.4 is 11.3 Å². The molecule has 35 heavy (non-hydrogen) atoms. The molecule has 2 aromatic carbocycles. The summed E-state index contributed by atoms with van der Waals surface area (Å²) >= 11 is 0. The molecule has 0 atom stereocenters. The van der Waals surface area contributed by atoms with Gasteiger partial charge >= 0.3 is 0 Å². The van der Waals surface area contributed by atoms with E-state index in [4.69, 9.17) is 10.8 Å². The lowest BCUT2D eigenvalue weighted by Crippen LogP contribution is -2.34. The Bertz CT molecular complexity index is 1360. The van der Waals surface area contributed by atoms with Gasteiger partial charge < -0.3 is 20.3 Å². The van der Waals surface area contributed by atoms with Crippen molar-refractivity contribution >= 4 is 34.3 Å². The lowest BCUT2D eigenvalue weighted by Gasteiger charge is -2.22. The van der Waals surface area contributed by atoms with Crippen molar-refractivity contribution in [3.05, 3.63) is 70.2 Å². The maximum atomic E-state index is 13.2. The van der Waals surface area contributed by atoms with Gasteiger partial charge in [-0.2, -0.15) is 0 Å². The summed E-state index contributed by atoms with van der Waals surface area (Å²) in [7, 11) is 0. The Hall–Kier alpha value is -3.71. The molecule has 0 saturated heterocycles. The third-order valence-electron chi connectivity index (χ3n) is 6.20. The SMILES string of the molecule is CCCN(CCC)C(=O)C1=Cc2ccc(-c3ccc4c(=O)n(CCO)ccc4c3)cc2N=C(N)C1. The number of nitrogens with zero attached hydrogens (tertiary/aromatic N) is 3. The molecule has 3 aromatic rings. The van der Waals surface area contributed by atoms with Crippen LogP contribution in [-0.2, 0) is 11.3 Å². The molecule has 7 nitrogen and oxygen atoms in total. The quantitative estimate of drug-likeness (QED) is 0.516. The van der Waals surface area contributed by atoms with Gasteiger partial charge in [0.15, 0.2) is 0 Å². The first-order valence-electron chi connectivity index (χ1n) is 12.2. The minimum atomic E-state index is -0.120. The first-order chi connectivity index (χ1) is 16.9. The molecule has 2 heterocycles. The second-order valence-electron chi connectivity index (χ2n) is 8.86. The molecule has 0 unspecified atom stereocenters. The number of fused-ring (bicyclic) bond motifs is 2. The summed E-state index contributed by atoms with van der Waals surface area (Å²) in [5, 5.41) is 10.6. The Kier molecular flexibility index (Phi) is 7.46. The van der Waals surface area contributed by atoms with Gasteiger partial charge in [0, 0.05) is 48.8 Å². The number of aliphatic hydroxyl groups is 1. The fraction of sp³-hybridized carbons (Fsp3) is 0.321. The second kappa shape index (κ2) is 10.7. The van der Waals surface area contributed by atoms with Gasteiger partial charge in [-0.15, -0.1) is 0 Å². The Morgan fingerprint density at radius 2 is 1.80 bits per heavy atom. The number of carbonyl (C=O) groups excluding carboxylic acids is 1. The molecule has 0 fully saturated rings. The molecule has 3 N–H and O–H groups in total. The van der Waals surface area contributed by atoms with Crippen LogP contribution in [0.1, 0.15) is 38.7 Å². The van der Waals surface area contributed by atoms with Gasteiger partial charge in [0.25, 0.3) is 5.56 Å². The van der Waals surface area contributed by atoms with Crippen molar-refractivity contribution in [3.63, 3.8) is 0 Å². The van der Waals surface area contributed by atoms with Crippen LogP contribution >= 0.6 is 0 Å². The summed E-state index contributed by atoms with van der Waals surface area (Å²) in [5.74, 6) is 0.432. The Morgan fingerprint density at radius 1 is 1.09 bits per heavy atom. The van der Waals surface area contributed by atoms with E-state index in [1.54, 1.807) is 6.20 Å². The predicted octanol–water partition coefficient (Wildman–Crippen LogP) is 4.09. The predicted molar refractivity (Wildman–Crippen MR) is 142 cm³/mol. The second-order valence-corrected chi connectivity index (χ2v) is 8.86. The van der Waals surface area contributed by atoms with Crippen molar-refractivity contribution in [1.29, 1.82) is 0 Å². The fourth-order valence-corrected chi connectivity index (χ4v) is 4.52. The van der Waals surface area contributed by atoms with Crippen molar-refractivity contribution in [2.24, 2.45) is 10.7 Å². The normalized spacial score (nSPS) is 13.1. The van der Waals surface area contributed by atoms with Crippen LogP contribution in [-0.4, -0.2) is 46.0 Å². The molecule has 182 valence electrons. The van der Waals surface area contributed by atoms with E-state index >= 15 is 0 Å². The number of hydrogen-bond acceptors (Lipinski definition) is 5. The number of rotatable bonds is 8. The lowest BCUT2D eigenvalue weighted by atomic mass is 9.99. The molecule has 1 aliphatic heterocycles. The zero-order valence-corrected chi connectivity index (χ0v) is 20.3. The molecule has 0 radical (unpaired) electrons. The Labute approximate surface area is 205 Å². The molecule has 1 amide bonds. The van der Waals surface area contributed by atoms with Crippen LogP contribution in [0.15, 0.2) is 64.0 Å². The minimum Gasteiger partial charge on any atom is -0.395 e. The van der Waals surface area contributed by atoms with Gasteiger partial charge in [-0.05, 0) is 59.7 Å². The van der Waals surface area contributed by atoms with Crippen LogP contribution in [0, 0.1) is 0 Å². The molecule has 7 heteroatoms. The van der Waals surface area contributed by atoms with Crippen molar-refractivity contribution in [2.45, 2.75) is 39.7 Å². The maximum absolute atomic E-state index is 13.2. The van der Waals surface area contributed by atoms with Crippen LogP contribution in [0.2, 0.25) is 0 Å². The molecule has 1 aliphatic rings. The highest BCUT2D eigenvalue weighted by Gasteiger charge is 2.21.